The fraction of sp³-hybridized carbons (Fsp3) is 0.500. The Morgan fingerprint density at radius 3 is 2.50 bits per heavy atom. The van der Waals surface area contributed by atoms with E-state index in [0.717, 1.165) is 24.5 Å². The van der Waals surface area contributed by atoms with Gasteiger partial charge in [-0.25, -0.2) is 0 Å². The van der Waals surface area contributed by atoms with Crippen molar-refractivity contribution in [1.29, 1.82) is 0 Å². The number of nitrogens with one attached hydrogen (secondary N) is 1. The summed E-state index contributed by atoms with van der Waals surface area (Å²) in [6.45, 7) is 3.07. The van der Waals surface area contributed by atoms with Crippen molar-refractivity contribution >= 4 is 0 Å². The molecule has 0 spiro atoms. The molecule has 0 saturated carbocycles. The Morgan fingerprint density at radius 2 is 1.90 bits per heavy atom. The third kappa shape index (κ3) is 3.32. The molecule has 4 nitrogen and oxygen atoms in total. The van der Waals surface area contributed by atoms with Crippen molar-refractivity contribution in [3.8, 4) is 11.5 Å². The second-order valence-corrected chi connectivity index (χ2v) is 5.18. The first-order valence-corrected chi connectivity index (χ1v) is 6.92. The summed E-state index contributed by atoms with van der Waals surface area (Å²) in [5, 5.41) is 12.6. The van der Waals surface area contributed by atoms with Gasteiger partial charge >= 0.3 is 0 Å². The lowest BCUT2D eigenvalue weighted by Crippen LogP contribution is -2.26. The van der Waals surface area contributed by atoms with Crippen LogP contribution in [0.5, 0.6) is 11.5 Å². The molecule has 0 heterocycles. The molecule has 1 aromatic rings. The summed E-state index contributed by atoms with van der Waals surface area (Å²) in [5.74, 6) is 1.80. The summed E-state index contributed by atoms with van der Waals surface area (Å²) >= 11 is 0. The van der Waals surface area contributed by atoms with E-state index in [0.29, 0.717) is 12.0 Å². The molecule has 0 unspecified atom stereocenters. The van der Waals surface area contributed by atoms with E-state index >= 15 is 0 Å². The van der Waals surface area contributed by atoms with E-state index in [2.05, 4.69) is 24.4 Å². The fourth-order valence-corrected chi connectivity index (χ4v) is 2.52. The number of benzene rings is 1. The van der Waals surface area contributed by atoms with E-state index in [1.54, 1.807) is 14.2 Å². The molecule has 0 aromatic heterocycles. The maximum atomic E-state index is 9.13. The highest BCUT2D eigenvalue weighted by Gasteiger charge is 2.18. The van der Waals surface area contributed by atoms with Crippen LogP contribution in [0.1, 0.15) is 17.5 Å². The van der Waals surface area contributed by atoms with Crippen molar-refractivity contribution < 1.29 is 14.6 Å². The van der Waals surface area contributed by atoms with Crippen LogP contribution >= 0.6 is 0 Å². The largest absolute Gasteiger partial charge is 0.493 e. The summed E-state index contributed by atoms with van der Waals surface area (Å²) in [6.07, 6.45) is 5.18. The van der Waals surface area contributed by atoms with Gasteiger partial charge in [0.05, 0.1) is 14.2 Å². The van der Waals surface area contributed by atoms with Gasteiger partial charge in [-0.3, -0.25) is 0 Å². The van der Waals surface area contributed by atoms with E-state index in [-0.39, 0.29) is 6.61 Å². The normalized spacial score (nSPS) is 21.2. The third-order valence-corrected chi connectivity index (χ3v) is 3.80. The molecule has 0 fully saturated rings. The van der Waals surface area contributed by atoms with Gasteiger partial charge in [-0.2, -0.15) is 0 Å². The van der Waals surface area contributed by atoms with Crippen molar-refractivity contribution in [3.63, 3.8) is 0 Å². The molecule has 0 aliphatic heterocycles. The third-order valence-electron chi connectivity index (χ3n) is 3.80. The van der Waals surface area contributed by atoms with Crippen LogP contribution in [-0.2, 0) is 6.54 Å². The van der Waals surface area contributed by atoms with E-state index in [9.17, 15) is 0 Å². The highest BCUT2D eigenvalue weighted by Crippen LogP contribution is 2.30. The van der Waals surface area contributed by atoms with Crippen molar-refractivity contribution in [2.24, 2.45) is 5.92 Å². The number of aryl methyl sites for hydroxylation is 1. The lowest BCUT2D eigenvalue weighted by atomic mass is 10.1. The van der Waals surface area contributed by atoms with Gasteiger partial charge in [-0.05, 0) is 36.6 Å². The number of ether oxygens (including phenoxy) is 2. The molecular weight excluding hydrogens is 254 g/mol. The number of hydrogen-bond donors (Lipinski definition) is 2. The molecule has 2 N–H and O–H groups in total. The lowest BCUT2D eigenvalue weighted by molar-refractivity contribution is 0.246. The number of methoxy groups -OCH3 is 2. The zero-order chi connectivity index (χ0) is 14.5. The van der Waals surface area contributed by atoms with Gasteiger partial charge in [0.15, 0.2) is 11.5 Å². The molecule has 110 valence electrons. The minimum Gasteiger partial charge on any atom is -0.493 e. The number of aliphatic hydroxyl groups is 1. The number of aliphatic hydroxyl groups excluding tert-OH is 1. The summed E-state index contributed by atoms with van der Waals surface area (Å²) in [4.78, 5) is 0. The summed E-state index contributed by atoms with van der Waals surface area (Å²) < 4.78 is 10.6. The van der Waals surface area contributed by atoms with Gasteiger partial charge in [-0.15, -0.1) is 0 Å². The fourth-order valence-electron chi connectivity index (χ4n) is 2.52. The Labute approximate surface area is 120 Å². The Hall–Kier alpha value is -1.52. The van der Waals surface area contributed by atoms with Crippen molar-refractivity contribution in [3.05, 3.63) is 35.4 Å². The van der Waals surface area contributed by atoms with Crippen LogP contribution in [0.3, 0.4) is 0 Å². The summed E-state index contributed by atoms with van der Waals surface area (Å²) in [7, 11) is 3.30. The molecule has 0 amide bonds. The van der Waals surface area contributed by atoms with E-state index in [1.807, 2.05) is 12.1 Å². The zero-order valence-electron chi connectivity index (χ0n) is 12.3. The van der Waals surface area contributed by atoms with Gasteiger partial charge in [0.1, 0.15) is 0 Å². The van der Waals surface area contributed by atoms with Crippen LogP contribution in [0.25, 0.3) is 0 Å². The molecule has 2 atom stereocenters. The highest BCUT2D eigenvalue weighted by atomic mass is 16.5. The van der Waals surface area contributed by atoms with Crippen LogP contribution in [0, 0.1) is 12.8 Å². The minimum atomic E-state index is 0.226. The van der Waals surface area contributed by atoms with Crippen LogP contribution in [-0.4, -0.2) is 32.0 Å². The van der Waals surface area contributed by atoms with Crippen LogP contribution in [0.4, 0.5) is 0 Å². The SMILES string of the molecule is COc1cc(C)c(CN[C@@H]2C=C[C@H](CO)C2)cc1OC. The number of hydrogen-bond acceptors (Lipinski definition) is 4. The number of rotatable bonds is 6. The van der Waals surface area contributed by atoms with Crippen molar-refractivity contribution in [1.82, 2.24) is 5.32 Å². The lowest BCUT2D eigenvalue weighted by Gasteiger charge is -2.16. The summed E-state index contributed by atoms with van der Waals surface area (Å²) in [6, 6.07) is 4.35. The predicted octanol–water partition coefficient (Wildman–Crippen LogP) is 2.04. The monoisotopic (exact) mass is 277 g/mol. The minimum absolute atomic E-state index is 0.226. The van der Waals surface area contributed by atoms with E-state index in [4.69, 9.17) is 14.6 Å². The molecule has 1 aliphatic carbocycles. The maximum absolute atomic E-state index is 9.13. The Kier molecular flexibility index (Phi) is 5.04. The summed E-state index contributed by atoms with van der Waals surface area (Å²) in [5.41, 5.74) is 2.37. The molecule has 2 rings (SSSR count). The van der Waals surface area contributed by atoms with E-state index < -0.39 is 0 Å². The average molecular weight is 277 g/mol. The second-order valence-electron chi connectivity index (χ2n) is 5.18. The maximum Gasteiger partial charge on any atom is 0.161 e. The highest BCUT2D eigenvalue weighted by molar-refractivity contribution is 5.47. The topological polar surface area (TPSA) is 50.7 Å². The van der Waals surface area contributed by atoms with Gasteiger partial charge in [0, 0.05) is 25.1 Å². The van der Waals surface area contributed by atoms with Gasteiger partial charge in [0.25, 0.3) is 0 Å². The van der Waals surface area contributed by atoms with Crippen LogP contribution in [0.15, 0.2) is 24.3 Å². The van der Waals surface area contributed by atoms with Crippen molar-refractivity contribution in [2.45, 2.75) is 25.9 Å². The van der Waals surface area contributed by atoms with Gasteiger partial charge in [0.2, 0.25) is 0 Å². The molecule has 4 heteroatoms. The van der Waals surface area contributed by atoms with Crippen molar-refractivity contribution in [2.75, 3.05) is 20.8 Å². The first-order valence-electron chi connectivity index (χ1n) is 6.92. The van der Waals surface area contributed by atoms with Gasteiger partial charge < -0.3 is 19.9 Å². The van der Waals surface area contributed by atoms with Gasteiger partial charge in [-0.1, -0.05) is 12.2 Å². The molecule has 1 aliphatic rings. The average Bonchev–Trinajstić information content (AvgIpc) is 2.93. The molecular formula is C16H23NO3. The van der Waals surface area contributed by atoms with Crippen LogP contribution < -0.4 is 14.8 Å². The Morgan fingerprint density at radius 1 is 1.20 bits per heavy atom. The smallest absolute Gasteiger partial charge is 0.161 e. The molecule has 0 saturated heterocycles. The Balaban J connectivity index is 2.01. The van der Waals surface area contributed by atoms with Crippen LogP contribution in [0.2, 0.25) is 0 Å². The molecule has 1 aromatic carbocycles. The molecule has 0 radical (unpaired) electrons. The van der Waals surface area contributed by atoms with E-state index in [1.165, 1.54) is 11.1 Å². The standard InChI is InChI=1S/C16H23NO3/c1-11-6-15(19-2)16(20-3)8-13(11)9-17-14-5-4-12(7-14)10-18/h4-6,8,12,14,17-18H,7,9-10H2,1-3H3/t12-,14+/m0/s1. The second kappa shape index (κ2) is 6.77. The predicted molar refractivity (Wildman–Crippen MR) is 79.2 cm³/mol. The molecule has 20 heavy (non-hydrogen) atoms. The molecule has 0 bridgehead atoms. The first-order chi connectivity index (χ1) is 9.67. The Bertz CT molecular complexity index is 485. The zero-order valence-corrected chi connectivity index (χ0v) is 12.3. The quantitative estimate of drug-likeness (QED) is 0.781. The first kappa shape index (κ1) is 14.9.